The Morgan fingerprint density at radius 3 is 2.48 bits per heavy atom. The fourth-order valence-electron chi connectivity index (χ4n) is 5.85. The maximum Gasteiger partial charge on any atom is 0.428 e. The van der Waals surface area contributed by atoms with Gasteiger partial charge in [-0.25, -0.2) is 4.79 Å². The van der Waals surface area contributed by atoms with Crippen LogP contribution in [-0.2, 0) is 11.4 Å². The highest BCUT2D eigenvalue weighted by atomic mass is 35.5. The normalized spacial score (nSPS) is 19.0. The molecular weight excluding hydrogens is 549 g/mol. The largest absolute Gasteiger partial charge is 0.428 e. The summed E-state index contributed by atoms with van der Waals surface area (Å²) in [6, 6.07) is 11.0. The first-order chi connectivity index (χ1) is 19.0. The van der Waals surface area contributed by atoms with Crippen LogP contribution < -0.4 is 4.90 Å². The minimum absolute atomic E-state index is 0.0430. The standard InChI is InChI=1S/C30H35Cl2N5O3/c1-17(2)27-25-26(33-35(27)16-22-8-7-13-36(22)40-30(39)34(5)6)29(38)37(24-15-21(32)10-9-18(24)3)28(25)23-12-11-20(31)14-19(23)4/h9-12,14-15,17,22,28H,7-8,13,16H2,1-6H3/t22-,28?/m0/s1. The molecule has 0 N–H and O–H groups in total. The molecule has 1 aromatic heterocycles. The van der Waals surface area contributed by atoms with E-state index in [0.29, 0.717) is 28.8 Å². The molecule has 10 heteroatoms. The first kappa shape index (κ1) is 28.5. The van der Waals surface area contributed by atoms with Gasteiger partial charge < -0.3 is 9.74 Å². The smallest absolute Gasteiger partial charge is 0.351 e. The van der Waals surface area contributed by atoms with E-state index in [1.165, 1.54) is 4.90 Å². The van der Waals surface area contributed by atoms with Crippen molar-refractivity contribution in [3.63, 3.8) is 0 Å². The predicted molar refractivity (Wildman–Crippen MR) is 157 cm³/mol. The van der Waals surface area contributed by atoms with Crippen molar-refractivity contribution in [2.45, 2.75) is 65.1 Å². The fourth-order valence-corrected chi connectivity index (χ4v) is 6.24. The number of halogens is 2. The molecule has 5 rings (SSSR count). The molecule has 2 aliphatic heterocycles. The fraction of sp³-hybridized carbons (Fsp3) is 0.433. The molecule has 0 bridgehead atoms. The second-order valence-corrected chi connectivity index (χ2v) is 12.1. The summed E-state index contributed by atoms with van der Waals surface area (Å²) in [6.45, 7) is 9.41. The number of fused-ring (bicyclic) bond motifs is 1. The van der Waals surface area contributed by atoms with E-state index in [0.717, 1.165) is 46.5 Å². The molecule has 40 heavy (non-hydrogen) atoms. The van der Waals surface area contributed by atoms with Crippen LogP contribution in [0, 0.1) is 13.8 Å². The zero-order valence-electron chi connectivity index (χ0n) is 23.7. The van der Waals surface area contributed by atoms with Crippen molar-refractivity contribution in [2.24, 2.45) is 0 Å². The molecule has 0 spiro atoms. The zero-order valence-corrected chi connectivity index (χ0v) is 25.3. The maximum atomic E-state index is 14.2. The minimum atomic E-state index is -0.403. The van der Waals surface area contributed by atoms with Crippen LogP contribution in [0.2, 0.25) is 10.0 Å². The SMILES string of the molecule is Cc1cc(Cl)ccc1C1c2c(nn(C[C@@H]3CCCN3OC(=O)N(C)C)c2C(C)C)C(=O)N1c1cc(Cl)ccc1C. The molecule has 0 radical (unpaired) electrons. The van der Waals surface area contributed by atoms with Gasteiger partial charge in [0.2, 0.25) is 0 Å². The van der Waals surface area contributed by atoms with Crippen LogP contribution in [0.5, 0.6) is 0 Å². The highest BCUT2D eigenvalue weighted by molar-refractivity contribution is 6.31. The number of hydroxylamine groups is 2. The number of hydrogen-bond acceptors (Lipinski definition) is 5. The number of benzene rings is 2. The van der Waals surface area contributed by atoms with Crippen LogP contribution in [0.3, 0.4) is 0 Å². The van der Waals surface area contributed by atoms with Gasteiger partial charge in [0, 0.05) is 47.6 Å². The Morgan fingerprint density at radius 2 is 1.80 bits per heavy atom. The molecule has 3 aromatic rings. The van der Waals surface area contributed by atoms with E-state index in [2.05, 4.69) is 13.8 Å². The molecule has 1 unspecified atom stereocenters. The predicted octanol–water partition coefficient (Wildman–Crippen LogP) is 6.76. The summed E-state index contributed by atoms with van der Waals surface area (Å²) < 4.78 is 1.96. The van der Waals surface area contributed by atoms with Crippen LogP contribution in [0.4, 0.5) is 10.5 Å². The van der Waals surface area contributed by atoms with Gasteiger partial charge in [0.1, 0.15) is 0 Å². The van der Waals surface area contributed by atoms with Gasteiger partial charge in [-0.2, -0.15) is 5.10 Å². The lowest BCUT2D eigenvalue weighted by atomic mass is 9.91. The van der Waals surface area contributed by atoms with Gasteiger partial charge in [0.15, 0.2) is 5.69 Å². The first-order valence-corrected chi connectivity index (χ1v) is 14.4. The van der Waals surface area contributed by atoms with Gasteiger partial charge in [-0.3, -0.25) is 14.4 Å². The number of aromatic nitrogens is 2. The summed E-state index contributed by atoms with van der Waals surface area (Å²) in [5.74, 6) is -0.0820. The molecule has 2 atom stereocenters. The summed E-state index contributed by atoms with van der Waals surface area (Å²) >= 11 is 12.8. The van der Waals surface area contributed by atoms with Gasteiger partial charge in [-0.05, 0) is 73.6 Å². The Kier molecular flexibility index (Phi) is 7.88. The summed E-state index contributed by atoms with van der Waals surface area (Å²) in [7, 11) is 3.33. The zero-order chi connectivity index (χ0) is 28.9. The third-order valence-corrected chi connectivity index (χ3v) is 8.22. The molecule has 2 aromatic carbocycles. The maximum absolute atomic E-state index is 14.2. The Balaban J connectivity index is 1.63. The Morgan fingerprint density at radius 1 is 1.10 bits per heavy atom. The molecule has 212 valence electrons. The van der Waals surface area contributed by atoms with E-state index in [1.807, 2.05) is 59.8 Å². The highest BCUT2D eigenvalue weighted by Crippen LogP contribution is 2.47. The number of hydrogen-bond donors (Lipinski definition) is 0. The van der Waals surface area contributed by atoms with Crippen molar-refractivity contribution in [3.05, 3.63) is 80.1 Å². The van der Waals surface area contributed by atoms with Gasteiger partial charge in [-0.15, -0.1) is 5.06 Å². The molecule has 8 nitrogen and oxygen atoms in total. The quantitative estimate of drug-likeness (QED) is 0.320. The average molecular weight is 585 g/mol. The molecule has 1 fully saturated rings. The second kappa shape index (κ2) is 11.1. The van der Waals surface area contributed by atoms with E-state index in [-0.39, 0.29) is 17.9 Å². The third-order valence-electron chi connectivity index (χ3n) is 7.75. The Hall–Kier alpha value is -3.07. The van der Waals surface area contributed by atoms with E-state index >= 15 is 0 Å². The van der Waals surface area contributed by atoms with Gasteiger partial charge in [0.05, 0.1) is 18.6 Å². The van der Waals surface area contributed by atoms with Crippen LogP contribution in [0.1, 0.15) is 77.1 Å². The summed E-state index contributed by atoms with van der Waals surface area (Å²) in [5, 5.41) is 7.90. The molecular formula is C30H35Cl2N5O3. The number of carbonyl (C=O) groups is 2. The van der Waals surface area contributed by atoms with Crippen molar-refractivity contribution in [1.29, 1.82) is 0 Å². The van der Waals surface area contributed by atoms with Crippen molar-refractivity contribution in [2.75, 3.05) is 25.5 Å². The third kappa shape index (κ3) is 5.08. The molecule has 2 aliphatic rings. The lowest BCUT2D eigenvalue weighted by Crippen LogP contribution is -2.39. The molecule has 3 heterocycles. The van der Waals surface area contributed by atoms with Crippen molar-refractivity contribution >= 4 is 40.9 Å². The van der Waals surface area contributed by atoms with Gasteiger partial charge >= 0.3 is 6.09 Å². The van der Waals surface area contributed by atoms with E-state index < -0.39 is 12.1 Å². The highest BCUT2D eigenvalue weighted by Gasteiger charge is 2.46. The molecule has 1 saturated heterocycles. The molecule has 0 saturated carbocycles. The number of nitrogens with zero attached hydrogens (tertiary/aromatic N) is 5. The number of rotatable bonds is 6. The van der Waals surface area contributed by atoms with E-state index in [9.17, 15) is 9.59 Å². The van der Waals surface area contributed by atoms with Crippen molar-refractivity contribution in [1.82, 2.24) is 19.7 Å². The van der Waals surface area contributed by atoms with Gasteiger partial charge in [0.25, 0.3) is 5.91 Å². The van der Waals surface area contributed by atoms with Crippen molar-refractivity contribution in [3.8, 4) is 0 Å². The van der Waals surface area contributed by atoms with Crippen molar-refractivity contribution < 1.29 is 14.4 Å². The summed E-state index contributed by atoms with van der Waals surface area (Å²) in [5.41, 5.74) is 6.02. The van der Waals surface area contributed by atoms with Crippen LogP contribution in [-0.4, -0.2) is 58.4 Å². The number of amides is 2. The lowest BCUT2D eigenvalue weighted by molar-refractivity contribution is -0.122. The second-order valence-electron chi connectivity index (χ2n) is 11.2. The van der Waals surface area contributed by atoms with Crippen LogP contribution in [0.15, 0.2) is 36.4 Å². The number of anilines is 1. The molecule has 2 amide bonds. The minimum Gasteiger partial charge on any atom is -0.351 e. The monoisotopic (exact) mass is 583 g/mol. The molecule has 0 aliphatic carbocycles. The first-order valence-electron chi connectivity index (χ1n) is 13.6. The topological polar surface area (TPSA) is 70.9 Å². The van der Waals surface area contributed by atoms with Crippen LogP contribution in [0.25, 0.3) is 0 Å². The van der Waals surface area contributed by atoms with E-state index in [1.54, 1.807) is 19.2 Å². The Bertz CT molecular complexity index is 1470. The average Bonchev–Trinajstić information content (AvgIpc) is 3.55. The number of carbonyl (C=O) groups excluding carboxylic acids is 2. The lowest BCUT2D eigenvalue weighted by Gasteiger charge is -2.30. The van der Waals surface area contributed by atoms with Crippen LogP contribution >= 0.6 is 23.2 Å². The van der Waals surface area contributed by atoms with Gasteiger partial charge in [-0.1, -0.05) is 49.2 Å². The summed E-state index contributed by atoms with van der Waals surface area (Å²) in [6.07, 6.45) is 1.38. The Labute approximate surface area is 245 Å². The summed E-state index contributed by atoms with van der Waals surface area (Å²) in [4.78, 5) is 35.4. The number of aryl methyl sites for hydroxylation is 2. The van der Waals surface area contributed by atoms with E-state index in [4.69, 9.17) is 33.1 Å².